The Morgan fingerprint density at radius 3 is 3.00 bits per heavy atom. The number of rotatable bonds is 4. The molecule has 0 spiro atoms. The number of nitrogens with one attached hydrogen (secondary N) is 1. The van der Waals surface area contributed by atoms with Gasteiger partial charge in [-0.25, -0.2) is 9.97 Å². The van der Waals surface area contributed by atoms with Crippen LogP contribution in [0.2, 0.25) is 0 Å². The Bertz CT molecular complexity index is 759. The molecule has 132 valence electrons. The van der Waals surface area contributed by atoms with E-state index in [2.05, 4.69) is 21.3 Å². The summed E-state index contributed by atoms with van der Waals surface area (Å²) in [5.74, 6) is 2.67. The van der Waals surface area contributed by atoms with Crippen LogP contribution in [0.15, 0.2) is 28.9 Å². The maximum Gasteiger partial charge on any atom is 0.216 e. The SMILES string of the molecule is CC(=O)NC[C@H]1C[C@@H]2CCN1C[C@H]2c1cc(-c2ccco2)nc(C)n1. The number of furan rings is 1. The lowest BCUT2D eigenvalue weighted by atomic mass is 9.74. The smallest absolute Gasteiger partial charge is 0.216 e. The summed E-state index contributed by atoms with van der Waals surface area (Å²) >= 11 is 0. The number of hydrogen-bond acceptors (Lipinski definition) is 5. The third kappa shape index (κ3) is 3.31. The number of amides is 1. The maximum atomic E-state index is 11.2. The largest absolute Gasteiger partial charge is 0.463 e. The Morgan fingerprint density at radius 1 is 1.44 bits per heavy atom. The quantitative estimate of drug-likeness (QED) is 0.925. The topological polar surface area (TPSA) is 71.3 Å². The Hall–Kier alpha value is -2.21. The molecule has 2 aromatic rings. The minimum absolute atomic E-state index is 0.0497. The van der Waals surface area contributed by atoms with E-state index in [4.69, 9.17) is 9.40 Å². The molecule has 0 radical (unpaired) electrons. The first-order valence-corrected chi connectivity index (χ1v) is 8.98. The van der Waals surface area contributed by atoms with Crippen LogP contribution in [0.1, 0.15) is 37.2 Å². The van der Waals surface area contributed by atoms with Crippen molar-refractivity contribution in [1.29, 1.82) is 0 Å². The van der Waals surface area contributed by atoms with E-state index in [0.29, 0.717) is 17.9 Å². The average molecular weight is 340 g/mol. The molecular weight excluding hydrogens is 316 g/mol. The predicted octanol–water partition coefficient (Wildman–Crippen LogP) is 2.36. The minimum Gasteiger partial charge on any atom is -0.463 e. The van der Waals surface area contributed by atoms with Crippen molar-refractivity contribution in [3.05, 3.63) is 36.0 Å². The number of nitrogens with zero attached hydrogens (tertiary/aromatic N) is 3. The van der Waals surface area contributed by atoms with E-state index in [9.17, 15) is 4.79 Å². The van der Waals surface area contributed by atoms with Gasteiger partial charge in [0.1, 0.15) is 11.5 Å². The summed E-state index contributed by atoms with van der Waals surface area (Å²) in [4.78, 5) is 23.0. The van der Waals surface area contributed by atoms with E-state index in [1.54, 1.807) is 13.2 Å². The van der Waals surface area contributed by atoms with Gasteiger partial charge in [-0.15, -0.1) is 0 Å². The molecule has 1 amide bonds. The number of hydrogen-bond donors (Lipinski definition) is 1. The lowest BCUT2D eigenvalue weighted by Crippen LogP contribution is -2.56. The number of piperidine rings is 3. The fourth-order valence-electron chi connectivity index (χ4n) is 4.28. The summed E-state index contributed by atoms with van der Waals surface area (Å²) in [5, 5.41) is 2.97. The number of aryl methyl sites for hydroxylation is 1. The van der Waals surface area contributed by atoms with Crippen molar-refractivity contribution in [2.45, 2.75) is 38.6 Å². The van der Waals surface area contributed by atoms with E-state index in [0.717, 1.165) is 49.0 Å². The molecule has 25 heavy (non-hydrogen) atoms. The van der Waals surface area contributed by atoms with Crippen molar-refractivity contribution in [1.82, 2.24) is 20.2 Å². The molecule has 0 saturated carbocycles. The first kappa shape index (κ1) is 16.3. The fourth-order valence-corrected chi connectivity index (χ4v) is 4.28. The van der Waals surface area contributed by atoms with Crippen molar-refractivity contribution < 1.29 is 9.21 Å². The molecule has 1 unspecified atom stereocenters. The van der Waals surface area contributed by atoms with Crippen molar-refractivity contribution in [2.75, 3.05) is 19.6 Å². The standard InChI is InChI=1S/C19H24N4O2/c1-12-21-17(9-18(22-12)19-4-3-7-25-19)16-11-23-6-5-14(16)8-15(23)10-20-13(2)24/h3-4,7,9,14-16H,5-6,8,10-11H2,1-2H3,(H,20,24)/t14-,15+,16+/m0/s1. The van der Waals surface area contributed by atoms with Gasteiger partial charge in [-0.3, -0.25) is 9.69 Å². The lowest BCUT2D eigenvalue weighted by molar-refractivity contribution is -0.119. The lowest BCUT2D eigenvalue weighted by Gasteiger charge is -2.49. The van der Waals surface area contributed by atoms with Gasteiger partial charge in [-0.05, 0) is 50.4 Å². The van der Waals surface area contributed by atoms with Crippen LogP contribution < -0.4 is 5.32 Å². The van der Waals surface area contributed by atoms with Gasteiger partial charge in [0, 0.05) is 37.7 Å². The number of carbonyl (C=O) groups is 1. The zero-order chi connectivity index (χ0) is 17.4. The minimum atomic E-state index is 0.0497. The van der Waals surface area contributed by atoms with Crippen molar-refractivity contribution in [2.24, 2.45) is 5.92 Å². The van der Waals surface area contributed by atoms with E-state index in [1.807, 2.05) is 19.1 Å². The maximum absolute atomic E-state index is 11.2. The van der Waals surface area contributed by atoms with Gasteiger partial charge in [0.05, 0.1) is 6.26 Å². The summed E-state index contributed by atoms with van der Waals surface area (Å²) in [6.45, 7) is 6.39. The van der Waals surface area contributed by atoms with Crippen LogP contribution >= 0.6 is 0 Å². The molecule has 0 aliphatic carbocycles. The predicted molar refractivity (Wildman–Crippen MR) is 94.0 cm³/mol. The van der Waals surface area contributed by atoms with Crippen molar-refractivity contribution >= 4 is 5.91 Å². The second-order valence-corrected chi connectivity index (χ2v) is 7.18. The highest BCUT2D eigenvalue weighted by Gasteiger charge is 2.41. The molecule has 3 aliphatic rings. The van der Waals surface area contributed by atoms with Crippen LogP contribution in [0, 0.1) is 12.8 Å². The monoisotopic (exact) mass is 340 g/mol. The molecule has 3 aliphatic heterocycles. The molecule has 6 nitrogen and oxygen atoms in total. The summed E-state index contributed by atoms with van der Waals surface area (Å²) in [5.41, 5.74) is 1.98. The van der Waals surface area contributed by atoms with Crippen LogP contribution in [0.5, 0.6) is 0 Å². The molecule has 4 atom stereocenters. The molecule has 0 aromatic carbocycles. The number of carbonyl (C=O) groups excluding carboxylic acids is 1. The fraction of sp³-hybridized carbons (Fsp3) is 0.526. The first-order valence-electron chi connectivity index (χ1n) is 8.98. The second-order valence-electron chi connectivity index (χ2n) is 7.18. The summed E-state index contributed by atoms with van der Waals surface area (Å²) in [6.07, 6.45) is 3.98. The Morgan fingerprint density at radius 2 is 2.32 bits per heavy atom. The van der Waals surface area contributed by atoms with Gasteiger partial charge in [0.25, 0.3) is 0 Å². The van der Waals surface area contributed by atoms with Gasteiger partial charge in [0.15, 0.2) is 5.76 Å². The Kier molecular flexibility index (Phi) is 4.29. The van der Waals surface area contributed by atoms with E-state index < -0.39 is 0 Å². The van der Waals surface area contributed by atoms with E-state index in [-0.39, 0.29) is 5.91 Å². The molecule has 2 bridgehead atoms. The van der Waals surface area contributed by atoms with E-state index >= 15 is 0 Å². The van der Waals surface area contributed by atoms with Crippen LogP contribution in [0.3, 0.4) is 0 Å². The Balaban J connectivity index is 1.55. The zero-order valence-corrected chi connectivity index (χ0v) is 14.7. The van der Waals surface area contributed by atoms with Gasteiger partial charge in [0.2, 0.25) is 5.91 Å². The summed E-state index contributed by atoms with van der Waals surface area (Å²) < 4.78 is 5.51. The van der Waals surface area contributed by atoms with Crippen LogP contribution in [0.25, 0.3) is 11.5 Å². The highest BCUT2D eigenvalue weighted by atomic mass is 16.3. The molecule has 3 saturated heterocycles. The van der Waals surface area contributed by atoms with Crippen LogP contribution in [-0.4, -0.2) is 46.5 Å². The van der Waals surface area contributed by atoms with Crippen molar-refractivity contribution in [3.8, 4) is 11.5 Å². The second kappa shape index (κ2) is 6.59. The van der Waals surface area contributed by atoms with Gasteiger partial charge in [-0.2, -0.15) is 0 Å². The normalized spacial score (nSPS) is 28.1. The molecule has 5 heterocycles. The molecule has 3 fully saturated rings. The zero-order valence-electron chi connectivity index (χ0n) is 14.7. The van der Waals surface area contributed by atoms with Crippen molar-refractivity contribution in [3.63, 3.8) is 0 Å². The molecular formula is C19H24N4O2. The highest BCUT2D eigenvalue weighted by molar-refractivity contribution is 5.72. The van der Waals surface area contributed by atoms with Gasteiger partial charge < -0.3 is 9.73 Å². The van der Waals surface area contributed by atoms with Gasteiger partial charge >= 0.3 is 0 Å². The third-order valence-corrected chi connectivity index (χ3v) is 5.48. The first-order chi connectivity index (χ1) is 12.1. The summed E-state index contributed by atoms with van der Waals surface area (Å²) in [7, 11) is 0. The molecule has 5 rings (SSSR count). The Labute approximate surface area is 147 Å². The average Bonchev–Trinajstić information content (AvgIpc) is 3.14. The number of aromatic nitrogens is 2. The van der Waals surface area contributed by atoms with E-state index in [1.165, 1.54) is 6.42 Å². The third-order valence-electron chi connectivity index (χ3n) is 5.48. The number of fused-ring (bicyclic) bond motifs is 3. The summed E-state index contributed by atoms with van der Waals surface area (Å²) in [6, 6.07) is 6.35. The molecule has 6 heteroatoms. The molecule has 1 N–H and O–H groups in total. The van der Waals surface area contributed by atoms with Gasteiger partial charge in [-0.1, -0.05) is 0 Å². The molecule has 2 aromatic heterocycles. The highest BCUT2D eigenvalue weighted by Crippen LogP contribution is 2.41. The van der Waals surface area contributed by atoms with Crippen LogP contribution in [-0.2, 0) is 4.79 Å². The van der Waals surface area contributed by atoms with Crippen LogP contribution in [0.4, 0.5) is 0 Å².